The zero-order valence-electron chi connectivity index (χ0n) is 14.0. The molecular formula is C18H14ClF3N4O. The van der Waals surface area contributed by atoms with Crippen LogP contribution in [-0.2, 0) is 19.1 Å². The van der Waals surface area contributed by atoms with E-state index in [0.717, 1.165) is 6.07 Å². The monoisotopic (exact) mass is 394 g/mol. The molecule has 1 N–H and O–H groups in total. The van der Waals surface area contributed by atoms with Gasteiger partial charge in [-0.3, -0.25) is 0 Å². The van der Waals surface area contributed by atoms with Gasteiger partial charge in [-0.05, 0) is 18.6 Å². The van der Waals surface area contributed by atoms with Gasteiger partial charge in [-0.2, -0.15) is 13.2 Å². The zero-order chi connectivity index (χ0) is 19.0. The van der Waals surface area contributed by atoms with Crippen LogP contribution in [0.2, 0.25) is 5.15 Å². The highest BCUT2D eigenvalue weighted by molar-refractivity contribution is 6.30. The van der Waals surface area contributed by atoms with Crippen LogP contribution in [-0.4, -0.2) is 21.6 Å². The van der Waals surface area contributed by atoms with Gasteiger partial charge in [-0.1, -0.05) is 23.7 Å². The number of fused-ring (bicyclic) bond motifs is 5. The summed E-state index contributed by atoms with van der Waals surface area (Å²) in [5.74, 6) is 0.925. The van der Waals surface area contributed by atoms with Gasteiger partial charge in [-0.15, -0.1) is 0 Å². The molecule has 0 radical (unpaired) electrons. The highest BCUT2D eigenvalue weighted by Gasteiger charge is 2.35. The average molecular weight is 395 g/mol. The van der Waals surface area contributed by atoms with Crippen molar-refractivity contribution in [2.24, 2.45) is 0 Å². The number of halogens is 4. The summed E-state index contributed by atoms with van der Waals surface area (Å²) in [6.45, 7) is 0.250. The summed E-state index contributed by atoms with van der Waals surface area (Å²) < 4.78 is 45.6. The molecule has 9 heteroatoms. The molecule has 3 heterocycles. The number of pyridine rings is 1. The minimum Gasteiger partial charge on any atom is -0.493 e. The van der Waals surface area contributed by atoms with Crippen LogP contribution in [0.5, 0.6) is 5.75 Å². The van der Waals surface area contributed by atoms with Crippen LogP contribution in [0.15, 0.2) is 30.5 Å². The Bertz CT molecular complexity index is 1010. The summed E-state index contributed by atoms with van der Waals surface area (Å²) in [6.07, 6.45) is -1.98. The average Bonchev–Trinajstić information content (AvgIpc) is 2.65. The van der Waals surface area contributed by atoms with Crippen LogP contribution in [0.1, 0.15) is 23.4 Å². The number of para-hydroxylation sites is 1. The van der Waals surface area contributed by atoms with E-state index < -0.39 is 11.7 Å². The van der Waals surface area contributed by atoms with E-state index in [9.17, 15) is 13.2 Å². The maximum Gasteiger partial charge on any atom is 0.419 e. The van der Waals surface area contributed by atoms with E-state index in [1.54, 1.807) is 18.3 Å². The quantitative estimate of drug-likeness (QED) is 0.563. The number of aryl methyl sites for hydroxylation is 1. The number of benzene rings is 1. The molecule has 3 aromatic rings. The predicted molar refractivity (Wildman–Crippen MR) is 94.9 cm³/mol. The summed E-state index contributed by atoms with van der Waals surface area (Å²) in [5, 5.41) is 4.05. The Kier molecular flexibility index (Phi) is 4.51. The SMILES string of the molecule is FC(F)(F)c1cccc2c1OCCCc1nc(c3cc(Cl)ncc3n1)NC2. The molecule has 27 heavy (non-hydrogen) atoms. The van der Waals surface area contributed by atoms with Crippen molar-refractivity contribution < 1.29 is 17.9 Å². The van der Waals surface area contributed by atoms with Crippen molar-refractivity contribution in [3.63, 3.8) is 0 Å². The molecule has 5 nitrogen and oxygen atoms in total. The van der Waals surface area contributed by atoms with E-state index in [2.05, 4.69) is 20.3 Å². The lowest BCUT2D eigenvalue weighted by atomic mass is 10.1. The molecule has 0 amide bonds. The molecule has 0 unspecified atom stereocenters. The number of ether oxygens (including phenoxy) is 1. The first-order valence-electron chi connectivity index (χ1n) is 8.30. The summed E-state index contributed by atoms with van der Waals surface area (Å²) in [5.41, 5.74) is 0.243. The molecular weight excluding hydrogens is 381 g/mol. The van der Waals surface area contributed by atoms with Crippen molar-refractivity contribution >= 4 is 28.3 Å². The number of hydrogen-bond donors (Lipinski definition) is 1. The van der Waals surface area contributed by atoms with E-state index in [4.69, 9.17) is 16.3 Å². The van der Waals surface area contributed by atoms with E-state index in [-0.39, 0.29) is 24.1 Å². The maximum absolute atomic E-state index is 13.4. The second-order valence-corrected chi connectivity index (χ2v) is 6.50. The van der Waals surface area contributed by atoms with E-state index in [1.165, 1.54) is 6.07 Å². The van der Waals surface area contributed by atoms with E-state index in [1.807, 2.05) is 0 Å². The van der Waals surface area contributed by atoms with Gasteiger partial charge in [0.1, 0.15) is 22.5 Å². The van der Waals surface area contributed by atoms with Crippen molar-refractivity contribution in [3.05, 3.63) is 52.6 Å². The molecule has 0 spiro atoms. The second kappa shape index (κ2) is 6.84. The van der Waals surface area contributed by atoms with Gasteiger partial charge in [0.2, 0.25) is 0 Å². The van der Waals surface area contributed by atoms with Crippen LogP contribution in [0, 0.1) is 0 Å². The highest BCUT2D eigenvalue weighted by atomic mass is 35.5. The number of hydrogen-bond acceptors (Lipinski definition) is 5. The number of alkyl halides is 3. The lowest BCUT2D eigenvalue weighted by Gasteiger charge is -2.17. The fraction of sp³-hybridized carbons (Fsp3) is 0.278. The minimum atomic E-state index is -4.49. The number of nitrogens with zero attached hydrogens (tertiary/aromatic N) is 3. The van der Waals surface area contributed by atoms with Crippen molar-refractivity contribution in [2.75, 3.05) is 11.9 Å². The molecule has 0 atom stereocenters. The topological polar surface area (TPSA) is 59.9 Å². The van der Waals surface area contributed by atoms with Crippen LogP contribution in [0.25, 0.3) is 10.9 Å². The van der Waals surface area contributed by atoms with E-state index in [0.29, 0.717) is 41.0 Å². The van der Waals surface area contributed by atoms with Crippen LogP contribution in [0.4, 0.5) is 19.0 Å². The van der Waals surface area contributed by atoms with Crippen molar-refractivity contribution in [3.8, 4) is 5.75 Å². The second-order valence-electron chi connectivity index (χ2n) is 6.11. The Balaban J connectivity index is 1.80. The standard InChI is InChI=1S/C18H14ClF3N4O/c19-14-7-11-13(9-23-14)25-15-5-2-6-27-16-10(8-24-17(11)26-15)3-1-4-12(16)18(20,21)22/h1,3-4,7,9H,2,5-6,8H2,(H,24,25,26). The molecule has 0 saturated heterocycles. The van der Waals surface area contributed by atoms with Gasteiger partial charge in [0, 0.05) is 23.9 Å². The molecule has 0 saturated carbocycles. The van der Waals surface area contributed by atoms with Gasteiger partial charge in [0.25, 0.3) is 0 Å². The molecule has 2 aromatic heterocycles. The first kappa shape index (κ1) is 17.8. The van der Waals surface area contributed by atoms with Crippen molar-refractivity contribution in [1.82, 2.24) is 15.0 Å². The Morgan fingerprint density at radius 3 is 2.85 bits per heavy atom. The largest absolute Gasteiger partial charge is 0.493 e. The van der Waals surface area contributed by atoms with Crippen LogP contribution in [0.3, 0.4) is 0 Å². The minimum absolute atomic E-state index is 0.116. The lowest BCUT2D eigenvalue weighted by Crippen LogP contribution is -2.12. The zero-order valence-corrected chi connectivity index (χ0v) is 14.7. The van der Waals surface area contributed by atoms with Crippen LogP contribution >= 0.6 is 11.6 Å². The molecule has 4 rings (SSSR count). The molecule has 1 aromatic carbocycles. The molecule has 1 aliphatic rings. The number of nitrogens with one attached hydrogen (secondary N) is 1. The highest BCUT2D eigenvalue weighted by Crippen LogP contribution is 2.39. The molecule has 140 valence electrons. The number of aromatic nitrogens is 3. The number of anilines is 1. The first-order chi connectivity index (χ1) is 12.9. The Hall–Kier alpha value is -2.61. The fourth-order valence-corrected chi connectivity index (χ4v) is 3.16. The Morgan fingerprint density at radius 2 is 2.04 bits per heavy atom. The van der Waals surface area contributed by atoms with Gasteiger partial charge in [0.05, 0.1) is 23.9 Å². The van der Waals surface area contributed by atoms with Crippen molar-refractivity contribution in [2.45, 2.75) is 25.6 Å². The molecule has 0 fully saturated rings. The molecule has 2 bridgehead atoms. The molecule has 0 aliphatic carbocycles. The number of rotatable bonds is 0. The third-order valence-electron chi connectivity index (χ3n) is 4.23. The van der Waals surface area contributed by atoms with Gasteiger partial charge < -0.3 is 10.1 Å². The summed E-state index contributed by atoms with van der Waals surface area (Å²) in [6, 6.07) is 5.64. The van der Waals surface area contributed by atoms with Gasteiger partial charge >= 0.3 is 6.18 Å². The Labute approximate surface area is 157 Å². The normalized spacial score (nSPS) is 14.7. The third-order valence-corrected chi connectivity index (χ3v) is 4.44. The predicted octanol–water partition coefficient (Wildman–Crippen LogP) is 4.63. The van der Waals surface area contributed by atoms with Gasteiger partial charge in [-0.25, -0.2) is 15.0 Å². The van der Waals surface area contributed by atoms with E-state index >= 15 is 0 Å². The summed E-state index contributed by atoms with van der Waals surface area (Å²) in [4.78, 5) is 13.0. The van der Waals surface area contributed by atoms with Crippen molar-refractivity contribution in [1.29, 1.82) is 0 Å². The Morgan fingerprint density at radius 1 is 1.19 bits per heavy atom. The fourth-order valence-electron chi connectivity index (χ4n) is 3.00. The lowest BCUT2D eigenvalue weighted by molar-refractivity contribution is -0.139. The molecule has 1 aliphatic heterocycles. The van der Waals surface area contributed by atoms with Gasteiger partial charge in [0.15, 0.2) is 0 Å². The maximum atomic E-state index is 13.4. The van der Waals surface area contributed by atoms with Crippen LogP contribution < -0.4 is 10.1 Å². The summed E-state index contributed by atoms with van der Waals surface area (Å²) >= 11 is 5.98. The third kappa shape index (κ3) is 3.62. The smallest absolute Gasteiger partial charge is 0.419 e. The first-order valence-corrected chi connectivity index (χ1v) is 8.67. The summed E-state index contributed by atoms with van der Waals surface area (Å²) in [7, 11) is 0.